The van der Waals surface area contributed by atoms with Crippen LogP contribution in [0.3, 0.4) is 0 Å². The summed E-state index contributed by atoms with van der Waals surface area (Å²) in [7, 11) is 0. The van der Waals surface area contributed by atoms with Gasteiger partial charge in [-0.3, -0.25) is 0 Å². The highest BCUT2D eigenvalue weighted by Crippen LogP contribution is 2.17. The maximum Gasteiger partial charge on any atom is 0.322 e. The number of amides is 2. The number of nitrogens with zero attached hydrogens (tertiary/aromatic N) is 2. The van der Waals surface area contributed by atoms with Gasteiger partial charge in [-0.1, -0.05) is 0 Å². The van der Waals surface area contributed by atoms with Crippen LogP contribution in [0.1, 0.15) is 12.0 Å². The minimum absolute atomic E-state index is 0.0564. The molecule has 7 heteroatoms. The van der Waals surface area contributed by atoms with Crippen molar-refractivity contribution < 1.29 is 13.9 Å². The zero-order valence-corrected chi connectivity index (χ0v) is 11.5. The summed E-state index contributed by atoms with van der Waals surface area (Å²) in [5.41, 5.74) is 5.74. The molecular formula is C14H17FN4O2. The molecule has 2 rings (SSSR count). The van der Waals surface area contributed by atoms with Crippen molar-refractivity contribution in [1.29, 1.82) is 5.26 Å². The van der Waals surface area contributed by atoms with Gasteiger partial charge in [0.05, 0.1) is 30.0 Å². The van der Waals surface area contributed by atoms with Gasteiger partial charge in [0.1, 0.15) is 5.82 Å². The second-order valence-electron chi connectivity index (χ2n) is 4.75. The molecule has 1 fully saturated rings. The molecule has 3 N–H and O–H groups in total. The molecule has 2 amide bonds. The van der Waals surface area contributed by atoms with Crippen LogP contribution < -0.4 is 11.1 Å². The smallest absolute Gasteiger partial charge is 0.322 e. The summed E-state index contributed by atoms with van der Waals surface area (Å²) in [6.45, 7) is 1.81. The number of halogens is 1. The Morgan fingerprint density at radius 2 is 2.43 bits per heavy atom. The van der Waals surface area contributed by atoms with Crippen molar-refractivity contribution in [2.45, 2.75) is 12.5 Å². The van der Waals surface area contributed by atoms with Crippen molar-refractivity contribution in [2.75, 3.05) is 31.6 Å². The van der Waals surface area contributed by atoms with Gasteiger partial charge in [-0.25, -0.2) is 9.18 Å². The van der Waals surface area contributed by atoms with Gasteiger partial charge < -0.3 is 20.7 Å². The number of carbonyl (C=O) groups is 1. The number of urea groups is 1. The quantitative estimate of drug-likeness (QED) is 0.878. The lowest BCUT2D eigenvalue weighted by molar-refractivity contribution is -0.0146. The Morgan fingerprint density at radius 1 is 1.62 bits per heavy atom. The molecule has 1 heterocycles. The molecule has 0 saturated carbocycles. The number of morpholine rings is 1. The molecule has 0 aromatic heterocycles. The van der Waals surface area contributed by atoms with Gasteiger partial charge in [0.15, 0.2) is 0 Å². The van der Waals surface area contributed by atoms with E-state index >= 15 is 0 Å². The first-order chi connectivity index (χ1) is 10.1. The van der Waals surface area contributed by atoms with E-state index in [0.717, 1.165) is 6.07 Å². The van der Waals surface area contributed by atoms with Gasteiger partial charge in [0.2, 0.25) is 0 Å². The van der Waals surface area contributed by atoms with Crippen LogP contribution >= 0.6 is 0 Å². The van der Waals surface area contributed by atoms with Crippen molar-refractivity contribution in [3.63, 3.8) is 0 Å². The first kappa shape index (κ1) is 15.2. The Hall–Kier alpha value is -2.17. The lowest BCUT2D eigenvalue weighted by Crippen LogP contribution is -2.47. The number of nitrogens with one attached hydrogen (secondary N) is 1. The molecular weight excluding hydrogens is 275 g/mol. The van der Waals surface area contributed by atoms with Crippen molar-refractivity contribution in [1.82, 2.24) is 4.90 Å². The Bertz CT molecular complexity index is 556. The molecule has 0 spiro atoms. The molecule has 0 aliphatic carbocycles. The standard InChI is InChI=1S/C14H17FN4O2/c15-12-7-10(8-17)1-2-13(12)18-14(20)19-5-6-21-11(9-19)3-4-16/h1-2,7,11H,3-6,9,16H2,(H,18,20)/t11-/m1/s1. The zero-order valence-electron chi connectivity index (χ0n) is 11.5. The molecule has 112 valence electrons. The Labute approximate surface area is 122 Å². The lowest BCUT2D eigenvalue weighted by atomic mass is 10.2. The Kier molecular flexibility index (Phi) is 5.09. The maximum atomic E-state index is 13.7. The Morgan fingerprint density at radius 3 is 3.10 bits per heavy atom. The number of hydrogen-bond acceptors (Lipinski definition) is 4. The molecule has 1 aromatic carbocycles. The van der Waals surface area contributed by atoms with Crippen LogP contribution in [0.5, 0.6) is 0 Å². The highest BCUT2D eigenvalue weighted by molar-refractivity contribution is 5.89. The van der Waals surface area contributed by atoms with Gasteiger partial charge in [0.25, 0.3) is 0 Å². The molecule has 6 nitrogen and oxygen atoms in total. The van der Waals surface area contributed by atoms with E-state index in [2.05, 4.69) is 5.32 Å². The van der Waals surface area contributed by atoms with E-state index in [1.165, 1.54) is 12.1 Å². The summed E-state index contributed by atoms with van der Waals surface area (Å²) >= 11 is 0. The number of nitrogens with two attached hydrogens (primary N) is 1. The van der Waals surface area contributed by atoms with E-state index in [1.54, 1.807) is 4.90 Å². The third-order valence-corrected chi connectivity index (χ3v) is 3.25. The van der Waals surface area contributed by atoms with Crippen molar-refractivity contribution in [3.8, 4) is 6.07 Å². The molecule has 1 aromatic rings. The second kappa shape index (κ2) is 7.02. The number of rotatable bonds is 3. The summed E-state index contributed by atoms with van der Waals surface area (Å²) in [5.74, 6) is -0.630. The molecule has 0 radical (unpaired) electrons. The fourth-order valence-corrected chi connectivity index (χ4v) is 2.14. The highest BCUT2D eigenvalue weighted by Gasteiger charge is 2.24. The number of benzene rings is 1. The SMILES string of the molecule is N#Cc1ccc(NC(=O)N2CCO[C@H](CCN)C2)c(F)c1. The number of nitriles is 1. The van der Waals surface area contributed by atoms with Crippen LogP contribution in [0, 0.1) is 17.1 Å². The summed E-state index contributed by atoms with van der Waals surface area (Å²) in [4.78, 5) is 13.7. The highest BCUT2D eigenvalue weighted by atomic mass is 19.1. The second-order valence-corrected chi connectivity index (χ2v) is 4.75. The van der Waals surface area contributed by atoms with Gasteiger partial charge >= 0.3 is 6.03 Å². The normalized spacial score (nSPS) is 18.1. The summed E-state index contributed by atoms with van der Waals surface area (Å²) in [5, 5.41) is 11.2. The van der Waals surface area contributed by atoms with Crippen molar-refractivity contribution in [2.24, 2.45) is 5.73 Å². The third kappa shape index (κ3) is 3.90. The minimum atomic E-state index is -0.630. The topological polar surface area (TPSA) is 91.4 Å². The van der Waals surface area contributed by atoms with Crippen LogP contribution in [0.2, 0.25) is 0 Å². The number of carbonyl (C=O) groups excluding carboxylic acids is 1. The van der Waals surface area contributed by atoms with E-state index in [0.29, 0.717) is 32.7 Å². The monoisotopic (exact) mass is 292 g/mol. The van der Waals surface area contributed by atoms with E-state index in [-0.39, 0.29) is 23.4 Å². The van der Waals surface area contributed by atoms with Crippen molar-refractivity contribution in [3.05, 3.63) is 29.6 Å². The first-order valence-electron chi connectivity index (χ1n) is 6.71. The third-order valence-electron chi connectivity index (χ3n) is 3.25. The van der Waals surface area contributed by atoms with Gasteiger partial charge in [-0.15, -0.1) is 0 Å². The van der Waals surface area contributed by atoms with Gasteiger partial charge in [-0.05, 0) is 31.2 Å². The van der Waals surface area contributed by atoms with Crippen molar-refractivity contribution >= 4 is 11.7 Å². The van der Waals surface area contributed by atoms with E-state index in [4.69, 9.17) is 15.7 Å². The Balaban J connectivity index is 1.99. The van der Waals surface area contributed by atoms with Gasteiger partial charge in [-0.2, -0.15) is 5.26 Å². The predicted molar refractivity (Wildman–Crippen MR) is 75.1 cm³/mol. The summed E-state index contributed by atoms with van der Waals surface area (Å²) in [6.07, 6.45) is 0.593. The predicted octanol–water partition coefficient (Wildman–Crippen LogP) is 1.28. The van der Waals surface area contributed by atoms with Crippen LogP contribution in [0.25, 0.3) is 0 Å². The van der Waals surface area contributed by atoms with Crippen LogP contribution in [-0.4, -0.2) is 43.3 Å². The molecule has 1 aliphatic rings. The van der Waals surface area contributed by atoms with Crippen LogP contribution in [0.15, 0.2) is 18.2 Å². The van der Waals surface area contributed by atoms with Crippen LogP contribution in [0.4, 0.5) is 14.9 Å². The summed E-state index contributed by atoms with van der Waals surface area (Å²) in [6, 6.07) is 5.38. The van der Waals surface area contributed by atoms with Crippen LogP contribution in [-0.2, 0) is 4.74 Å². The lowest BCUT2D eigenvalue weighted by Gasteiger charge is -2.32. The fourth-order valence-electron chi connectivity index (χ4n) is 2.14. The number of ether oxygens (including phenoxy) is 1. The fraction of sp³-hybridized carbons (Fsp3) is 0.429. The molecule has 21 heavy (non-hydrogen) atoms. The van der Waals surface area contributed by atoms with E-state index in [1.807, 2.05) is 6.07 Å². The maximum absolute atomic E-state index is 13.7. The zero-order chi connectivity index (χ0) is 15.2. The number of hydrogen-bond donors (Lipinski definition) is 2. The number of anilines is 1. The minimum Gasteiger partial charge on any atom is -0.374 e. The average molecular weight is 292 g/mol. The largest absolute Gasteiger partial charge is 0.374 e. The molecule has 0 unspecified atom stereocenters. The molecule has 0 bridgehead atoms. The van der Waals surface area contributed by atoms with Gasteiger partial charge in [0, 0.05) is 13.1 Å². The average Bonchev–Trinajstić information content (AvgIpc) is 2.50. The van der Waals surface area contributed by atoms with E-state index in [9.17, 15) is 9.18 Å². The first-order valence-corrected chi connectivity index (χ1v) is 6.71. The molecule has 1 atom stereocenters. The summed E-state index contributed by atoms with van der Waals surface area (Å²) < 4.78 is 19.2. The molecule has 1 aliphatic heterocycles. The molecule has 1 saturated heterocycles. The van der Waals surface area contributed by atoms with E-state index < -0.39 is 5.82 Å².